The van der Waals surface area contributed by atoms with E-state index in [-0.39, 0.29) is 12.3 Å². The number of nitrogens with zero attached hydrogens (tertiary/aromatic N) is 3. The summed E-state index contributed by atoms with van der Waals surface area (Å²) >= 11 is 1.24. The lowest BCUT2D eigenvalue weighted by atomic mass is 9.95. The zero-order valence-electron chi connectivity index (χ0n) is 18.1. The van der Waals surface area contributed by atoms with Crippen LogP contribution in [0.5, 0.6) is 0 Å². The third-order valence-electron chi connectivity index (χ3n) is 4.98. The van der Waals surface area contributed by atoms with E-state index in [2.05, 4.69) is 20.5 Å². The molecule has 0 spiro atoms. The molecule has 0 aliphatic heterocycles. The Kier molecular flexibility index (Phi) is 7.45. The maximum atomic E-state index is 13.2. The highest BCUT2D eigenvalue weighted by atomic mass is 32.1. The Labute approximate surface area is 192 Å². The molecule has 1 amide bonds. The van der Waals surface area contributed by atoms with E-state index in [1.165, 1.54) is 11.3 Å². The van der Waals surface area contributed by atoms with Gasteiger partial charge >= 0.3 is 6.18 Å². The van der Waals surface area contributed by atoms with Crippen molar-refractivity contribution in [2.75, 3.05) is 6.61 Å². The summed E-state index contributed by atoms with van der Waals surface area (Å²) in [7, 11) is 0. The van der Waals surface area contributed by atoms with E-state index in [9.17, 15) is 23.1 Å². The molecule has 2 unspecified atom stereocenters. The number of alkyl halides is 3. The summed E-state index contributed by atoms with van der Waals surface area (Å²) in [6.07, 6.45) is -4.55. The van der Waals surface area contributed by atoms with Crippen LogP contribution >= 0.6 is 11.3 Å². The van der Waals surface area contributed by atoms with Crippen LogP contribution in [0.3, 0.4) is 0 Å². The van der Waals surface area contributed by atoms with Gasteiger partial charge in [0.05, 0.1) is 24.5 Å². The first-order valence-electron chi connectivity index (χ1n) is 10.0. The summed E-state index contributed by atoms with van der Waals surface area (Å²) in [4.78, 5) is 18.3. The average molecular weight is 481 g/mol. The van der Waals surface area contributed by atoms with Gasteiger partial charge in [0.25, 0.3) is 5.91 Å². The van der Waals surface area contributed by atoms with Crippen LogP contribution < -0.4 is 5.32 Å². The summed E-state index contributed by atoms with van der Waals surface area (Å²) in [6, 6.07) is 10.3. The molecule has 0 fully saturated rings. The Balaban J connectivity index is 2.12. The van der Waals surface area contributed by atoms with Crippen molar-refractivity contribution in [1.82, 2.24) is 20.5 Å². The molecule has 0 aliphatic rings. The molecule has 0 aliphatic carbocycles. The zero-order valence-corrected chi connectivity index (χ0v) is 18.9. The van der Waals surface area contributed by atoms with E-state index in [0.29, 0.717) is 10.6 Å². The van der Waals surface area contributed by atoms with Gasteiger partial charge in [0.15, 0.2) is 11.2 Å². The molecule has 11 heteroatoms. The van der Waals surface area contributed by atoms with E-state index < -0.39 is 35.5 Å². The van der Waals surface area contributed by atoms with E-state index in [1.807, 2.05) is 6.92 Å². The first kappa shape index (κ1) is 24.7. The number of nitrogens with one attached hydrogen (secondary N) is 1. The number of ether oxygens (including phenoxy) is 1. The Morgan fingerprint density at radius 2 is 1.76 bits per heavy atom. The summed E-state index contributed by atoms with van der Waals surface area (Å²) in [5.41, 5.74) is -2.36. The summed E-state index contributed by atoms with van der Waals surface area (Å²) in [5, 5.41) is 20.2. The van der Waals surface area contributed by atoms with Crippen LogP contribution in [0.4, 0.5) is 13.2 Å². The van der Waals surface area contributed by atoms with Crippen molar-refractivity contribution in [3.63, 3.8) is 0 Å². The average Bonchev–Trinajstić information content (AvgIpc) is 3.23. The highest BCUT2D eigenvalue weighted by molar-refractivity contribution is 7.11. The third-order valence-corrected chi connectivity index (χ3v) is 6.06. The van der Waals surface area contributed by atoms with Crippen LogP contribution in [0.25, 0.3) is 0 Å². The number of hydrogen-bond acceptors (Lipinski definition) is 7. The smallest absolute Gasteiger partial charge is 0.391 e. The summed E-state index contributed by atoms with van der Waals surface area (Å²) < 4.78 is 45.1. The Morgan fingerprint density at radius 1 is 1.12 bits per heavy atom. The normalized spacial score (nSPS) is 15.5. The monoisotopic (exact) mass is 480 g/mol. The Bertz CT molecular complexity index is 1070. The van der Waals surface area contributed by atoms with Gasteiger partial charge in [-0.1, -0.05) is 18.2 Å². The minimum atomic E-state index is -4.67. The van der Waals surface area contributed by atoms with Gasteiger partial charge < -0.3 is 15.2 Å². The Morgan fingerprint density at radius 3 is 2.27 bits per heavy atom. The molecule has 3 aromatic rings. The molecule has 2 N–H and O–H groups in total. The fraction of sp³-hybridized carbons (Fsp3) is 0.364. The third kappa shape index (κ3) is 5.73. The number of aromatic nitrogens is 3. The predicted octanol–water partition coefficient (Wildman–Crippen LogP) is 3.72. The second-order valence-electron chi connectivity index (χ2n) is 7.56. The van der Waals surface area contributed by atoms with Gasteiger partial charge in [-0.2, -0.15) is 18.3 Å². The molecule has 0 saturated heterocycles. The van der Waals surface area contributed by atoms with Crippen LogP contribution in [-0.2, 0) is 16.5 Å². The van der Waals surface area contributed by atoms with Crippen molar-refractivity contribution >= 4 is 17.2 Å². The lowest BCUT2D eigenvalue weighted by molar-refractivity contribution is -0.141. The van der Waals surface area contributed by atoms with Crippen molar-refractivity contribution in [3.8, 4) is 0 Å². The van der Waals surface area contributed by atoms with Crippen molar-refractivity contribution in [3.05, 3.63) is 75.5 Å². The molecule has 2 aromatic heterocycles. The summed E-state index contributed by atoms with van der Waals surface area (Å²) in [5.74, 6) is -0.501. The van der Waals surface area contributed by atoms with Crippen LogP contribution in [-0.4, -0.2) is 45.0 Å². The second kappa shape index (κ2) is 9.94. The number of carbonyl (C=O) groups is 1. The minimum Gasteiger partial charge on any atom is -0.391 e. The molecule has 0 radical (unpaired) electrons. The van der Waals surface area contributed by atoms with Crippen molar-refractivity contribution in [2.45, 2.75) is 44.7 Å². The first-order chi connectivity index (χ1) is 15.5. The number of aliphatic hydroxyl groups excluding tert-OH is 1. The highest BCUT2D eigenvalue weighted by Crippen LogP contribution is 2.34. The number of rotatable bonds is 8. The van der Waals surface area contributed by atoms with Gasteiger partial charge in [-0.3, -0.25) is 4.79 Å². The molecule has 176 valence electrons. The van der Waals surface area contributed by atoms with E-state index >= 15 is 0 Å². The maximum absolute atomic E-state index is 13.2. The lowest BCUT2D eigenvalue weighted by Crippen LogP contribution is -2.52. The molecule has 33 heavy (non-hydrogen) atoms. The molecular weight excluding hydrogens is 457 g/mol. The number of thiazole rings is 1. The van der Waals surface area contributed by atoms with Crippen LogP contribution in [0.15, 0.2) is 48.7 Å². The molecule has 0 saturated carbocycles. The van der Waals surface area contributed by atoms with Crippen molar-refractivity contribution in [2.24, 2.45) is 0 Å². The Hall–Kier alpha value is -2.89. The van der Waals surface area contributed by atoms with E-state index in [4.69, 9.17) is 4.74 Å². The minimum absolute atomic E-state index is 0.0203. The van der Waals surface area contributed by atoms with Crippen LogP contribution in [0.1, 0.15) is 45.5 Å². The second-order valence-corrected chi connectivity index (χ2v) is 8.79. The molecule has 0 bridgehead atoms. The topological polar surface area (TPSA) is 97.2 Å². The fourth-order valence-corrected chi connectivity index (χ4v) is 3.82. The van der Waals surface area contributed by atoms with Gasteiger partial charge in [0, 0.05) is 16.6 Å². The lowest BCUT2D eigenvalue weighted by Gasteiger charge is -2.33. The number of carbonyl (C=O) groups excluding carboxylic acids is 1. The standard InChI is InChI=1S/C22H23F3N4O3S/c1-13-11-26-20(33-13)21(12-32-15(3)14(2)30,27-19(31)16-7-5-4-6-8-16)17-9-10-18(29-28-17)22(23,24)25/h4-11,14-15,30H,12H2,1-3H3,(H,27,31)/t14?,15?,21-/m0/s1. The zero-order chi connectivity index (χ0) is 24.2. The van der Waals surface area contributed by atoms with Gasteiger partial charge in [-0.05, 0) is 45.0 Å². The number of hydrogen-bond donors (Lipinski definition) is 2. The number of benzene rings is 1. The van der Waals surface area contributed by atoms with Crippen LogP contribution in [0, 0.1) is 6.92 Å². The molecule has 1 aromatic carbocycles. The molecule has 2 heterocycles. The first-order valence-corrected chi connectivity index (χ1v) is 10.9. The molecule has 7 nitrogen and oxygen atoms in total. The SMILES string of the molecule is Cc1cnc([C@@](COC(C)C(C)O)(NC(=O)c2ccccc2)c2ccc(C(F)(F)F)nn2)s1. The number of aliphatic hydroxyl groups is 1. The van der Waals surface area contributed by atoms with E-state index in [1.54, 1.807) is 50.4 Å². The van der Waals surface area contributed by atoms with Crippen LogP contribution in [0.2, 0.25) is 0 Å². The van der Waals surface area contributed by atoms with Gasteiger partial charge in [-0.15, -0.1) is 16.4 Å². The van der Waals surface area contributed by atoms with E-state index in [0.717, 1.165) is 17.0 Å². The number of halogens is 3. The number of aryl methyl sites for hydroxylation is 1. The fourth-order valence-electron chi connectivity index (χ4n) is 2.91. The van der Waals surface area contributed by atoms with Gasteiger partial charge in [0.2, 0.25) is 0 Å². The molecular formula is C22H23F3N4O3S. The summed E-state index contributed by atoms with van der Waals surface area (Å²) in [6.45, 7) is 4.74. The van der Waals surface area contributed by atoms with Crippen molar-refractivity contribution < 1.29 is 27.8 Å². The van der Waals surface area contributed by atoms with Crippen molar-refractivity contribution in [1.29, 1.82) is 0 Å². The molecule has 3 atom stereocenters. The van der Waals surface area contributed by atoms with Gasteiger partial charge in [-0.25, -0.2) is 4.98 Å². The predicted molar refractivity (Wildman–Crippen MR) is 116 cm³/mol. The largest absolute Gasteiger partial charge is 0.435 e. The van der Waals surface area contributed by atoms with Gasteiger partial charge in [0.1, 0.15) is 5.01 Å². The quantitative estimate of drug-likeness (QED) is 0.510. The molecule has 3 rings (SSSR count). The maximum Gasteiger partial charge on any atom is 0.435 e. The number of amides is 1. The highest BCUT2D eigenvalue weighted by Gasteiger charge is 2.43.